The minimum Gasteiger partial charge on any atom is -0.497 e. The number of hydrogen-bond acceptors (Lipinski definition) is 6. The molecule has 0 aliphatic carbocycles. The zero-order valence-electron chi connectivity index (χ0n) is 20.3. The average molecular weight is 486 g/mol. The van der Waals surface area contributed by atoms with Crippen LogP contribution in [0.5, 0.6) is 17.2 Å². The molecular formula is C28H27N3O5. The zero-order valence-corrected chi connectivity index (χ0v) is 20.3. The van der Waals surface area contributed by atoms with Crippen molar-refractivity contribution < 1.29 is 19.0 Å². The molecule has 0 fully saturated rings. The number of methoxy groups -OCH3 is 1. The molecule has 5 rings (SSSR count). The Labute approximate surface area is 208 Å². The number of para-hydroxylation sites is 2. The normalized spacial score (nSPS) is 12.4. The quantitative estimate of drug-likeness (QED) is 0.397. The molecule has 0 saturated carbocycles. The monoisotopic (exact) mass is 485 g/mol. The number of carbonyl (C=O) groups excluding carboxylic acids is 1. The second-order valence-electron chi connectivity index (χ2n) is 8.61. The maximum absolute atomic E-state index is 13.5. The molecule has 3 aromatic carbocycles. The Balaban J connectivity index is 1.35. The fourth-order valence-electron chi connectivity index (χ4n) is 4.29. The van der Waals surface area contributed by atoms with E-state index in [4.69, 9.17) is 14.2 Å². The molecule has 0 saturated heterocycles. The van der Waals surface area contributed by atoms with Crippen LogP contribution in [0.2, 0.25) is 0 Å². The van der Waals surface area contributed by atoms with Gasteiger partial charge in [-0.2, -0.15) is 0 Å². The molecule has 0 bridgehead atoms. The Hall–Kier alpha value is -4.33. The number of ether oxygens (including phenoxy) is 3. The van der Waals surface area contributed by atoms with Gasteiger partial charge in [0.05, 0.1) is 18.1 Å². The molecule has 1 amide bonds. The Bertz CT molecular complexity index is 1460. The summed E-state index contributed by atoms with van der Waals surface area (Å²) in [6, 6.07) is 20.5. The third-order valence-corrected chi connectivity index (χ3v) is 6.19. The predicted molar refractivity (Wildman–Crippen MR) is 136 cm³/mol. The number of rotatable bonds is 7. The number of fused-ring (bicyclic) bond motifs is 2. The second kappa shape index (κ2) is 10.1. The van der Waals surface area contributed by atoms with Gasteiger partial charge in [0.2, 0.25) is 5.91 Å². The van der Waals surface area contributed by atoms with Gasteiger partial charge >= 0.3 is 0 Å². The summed E-state index contributed by atoms with van der Waals surface area (Å²) in [5.41, 5.74) is 3.17. The molecule has 4 aromatic rings. The number of carbonyl (C=O) groups is 1. The van der Waals surface area contributed by atoms with E-state index in [0.717, 1.165) is 11.3 Å². The summed E-state index contributed by atoms with van der Waals surface area (Å²) in [4.78, 5) is 32.6. The van der Waals surface area contributed by atoms with Crippen LogP contribution >= 0.6 is 0 Å². The van der Waals surface area contributed by atoms with Crippen LogP contribution in [-0.4, -0.2) is 47.7 Å². The topological polar surface area (TPSA) is 82.9 Å². The first-order chi connectivity index (χ1) is 17.5. The number of nitrogens with zero attached hydrogens (tertiary/aromatic N) is 3. The van der Waals surface area contributed by atoms with Gasteiger partial charge in [0.15, 0.2) is 11.5 Å². The van der Waals surface area contributed by atoms with Crippen LogP contribution in [0.4, 0.5) is 0 Å². The van der Waals surface area contributed by atoms with Crippen molar-refractivity contribution in [2.24, 2.45) is 0 Å². The lowest BCUT2D eigenvalue weighted by atomic mass is 10.1. The highest BCUT2D eigenvalue weighted by Crippen LogP contribution is 2.31. The molecule has 0 N–H and O–H groups in total. The Morgan fingerprint density at radius 2 is 1.78 bits per heavy atom. The summed E-state index contributed by atoms with van der Waals surface area (Å²) >= 11 is 0. The van der Waals surface area contributed by atoms with Gasteiger partial charge in [-0.15, -0.1) is 0 Å². The summed E-state index contributed by atoms with van der Waals surface area (Å²) < 4.78 is 18.1. The van der Waals surface area contributed by atoms with Crippen molar-refractivity contribution in [3.05, 3.63) is 88.3 Å². The molecule has 2 heterocycles. The van der Waals surface area contributed by atoms with Crippen LogP contribution in [0.15, 0.2) is 71.5 Å². The molecule has 0 unspecified atom stereocenters. The van der Waals surface area contributed by atoms with Crippen LogP contribution in [0.25, 0.3) is 16.7 Å². The maximum atomic E-state index is 13.5. The largest absolute Gasteiger partial charge is 0.497 e. The summed E-state index contributed by atoms with van der Waals surface area (Å²) in [6.07, 6.45) is 0.411. The maximum Gasteiger partial charge on any atom is 0.277 e. The van der Waals surface area contributed by atoms with Crippen molar-refractivity contribution in [2.75, 3.05) is 27.4 Å². The van der Waals surface area contributed by atoms with Gasteiger partial charge in [-0.25, -0.2) is 4.98 Å². The smallest absolute Gasteiger partial charge is 0.277 e. The van der Waals surface area contributed by atoms with Gasteiger partial charge in [-0.1, -0.05) is 18.2 Å². The highest BCUT2D eigenvalue weighted by atomic mass is 16.6. The van der Waals surface area contributed by atoms with E-state index in [9.17, 15) is 9.59 Å². The molecule has 1 aliphatic rings. The lowest BCUT2D eigenvalue weighted by Gasteiger charge is -2.21. The van der Waals surface area contributed by atoms with Crippen LogP contribution in [0.1, 0.15) is 17.7 Å². The Kier molecular flexibility index (Phi) is 6.58. The van der Waals surface area contributed by atoms with E-state index in [0.29, 0.717) is 53.7 Å². The third-order valence-electron chi connectivity index (χ3n) is 6.19. The lowest BCUT2D eigenvalue weighted by Crippen LogP contribution is -2.29. The highest BCUT2D eigenvalue weighted by Gasteiger charge is 2.17. The molecule has 8 heteroatoms. The van der Waals surface area contributed by atoms with Gasteiger partial charge in [0.25, 0.3) is 5.56 Å². The highest BCUT2D eigenvalue weighted by molar-refractivity contribution is 5.78. The van der Waals surface area contributed by atoms with Gasteiger partial charge in [0, 0.05) is 32.1 Å². The fourth-order valence-corrected chi connectivity index (χ4v) is 4.29. The predicted octanol–water partition coefficient (Wildman–Crippen LogP) is 3.76. The number of hydrogen-bond donors (Lipinski definition) is 0. The van der Waals surface area contributed by atoms with E-state index in [1.165, 1.54) is 0 Å². The van der Waals surface area contributed by atoms with E-state index < -0.39 is 0 Å². The van der Waals surface area contributed by atoms with Crippen LogP contribution in [0, 0.1) is 0 Å². The van der Waals surface area contributed by atoms with Gasteiger partial charge in [-0.05, 0) is 54.1 Å². The molecule has 0 spiro atoms. The summed E-state index contributed by atoms with van der Waals surface area (Å²) in [5.74, 6) is 2.04. The van der Waals surface area contributed by atoms with Crippen LogP contribution < -0.4 is 19.8 Å². The standard InChI is InChI=1S/C28H27N3O5/c1-30(18-19-7-13-25-26(17-19)36-16-15-35-25)27(32)14-12-23-28(33)31(20-8-10-21(34-2)11-9-20)24-6-4-3-5-22(24)29-23/h3-11,13,17H,12,14-16,18H2,1-2H3. The number of benzene rings is 3. The van der Waals surface area contributed by atoms with Crippen molar-refractivity contribution in [1.82, 2.24) is 14.5 Å². The van der Waals surface area contributed by atoms with Crippen molar-refractivity contribution >= 4 is 16.9 Å². The molecule has 8 nitrogen and oxygen atoms in total. The second-order valence-corrected chi connectivity index (χ2v) is 8.61. The van der Waals surface area contributed by atoms with E-state index in [-0.39, 0.29) is 24.3 Å². The molecular weight excluding hydrogens is 458 g/mol. The van der Waals surface area contributed by atoms with E-state index in [2.05, 4.69) is 4.98 Å². The molecule has 184 valence electrons. The molecule has 1 aromatic heterocycles. The SMILES string of the molecule is COc1ccc(-n2c(=O)c(CCC(=O)N(C)Cc3ccc4c(c3)OCCO4)nc3ccccc32)cc1. The number of amides is 1. The molecule has 0 atom stereocenters. The lowest BCUT2D eigenvalue weighted by molar-refractivity contribution is -0.130. The molecule has 1 aliphatic heterocycles. The summed E-state index contributed by atoms with van der Waals surface area (Å²) in [5, 5.41) is 0. The van der Waals surface area contributed by atoms with E-state index in [1.807, 2.05) is 66.7 Å². The Morgan fingerprint density at radius 3 is 2.56 bits per heavy atom. The van der Waals surface area contributed by atoms with Crippen molar-refractivity contribution in [2.45, 2.75) is 19.4 Å². The first-order valence-corrected chi connectivity index (χ1v) is 11.8. The summed E-state index contributed by atoms with van der Waals surface area (Å²) in [7, 11) is 3.35. The number of aromatic nitrogens is 2. The zero-order chi connectivity index (χ0) is 25.1. The van der Waals surface area contributed by atoms with Gasteiger partial charge in [-0.3, -0.25) is 14.2 Å². The minimum absolute atomic E-state index is 0.0738. The minimum atomic E-state index is -0.235. The van der Waals surface area contributed by atoms with Gasteiger partial charge in [0.1, 0.15) is 24.7 Å². The third kappa shape index (κ3) is 4.75. The first kappa shape index (κ1) is 23.4. The van der Waals surface area contributed by atoms with Crippen molar-refractivity contribution in [3.63, 3.8) is 0 Å². The van der Waals surface area contributed by atoms with Crippen molar-refractivity contribution in [1.29, 1.82) is 0 Å². The average Bonchev–Trinajstić information content (AvgIpc) is 2.91. The fraction of sp³-hybridized carbons (Fsp3) is 0.250. The van der Waals surface area contributed by atoms with Crippen molar-refractivity contribution in [3.8, 4) is 22.9 Å². The first-order valence-electron chi connectivity index (χ1n) is 11.8. The molecule has 0 radical (unpaired) electrons. The van der Waals surface area contributed by atoms with Crippen LogP contribution in [-0.2, 0) is 17.8 Å². The summed E-state index contributed by atoms with van der Waals surface area (Å²) in [6.45, 7) is 1.47. The number of aryl methyl sites for hydroxylation is 1. The van der Waals surface area contributed by atoms with E-state index >= 15 is 0 Å². The van der Waals surface area contributed by atoms with E-state index in [1.54, 1.807) is 23.6 Å². The Morgan fingerprint density at radius 1 is 1.03 bits per heavy atom. The van der Waals surface area contributed by atoms with Gasteiger partial charge < -0.3 is 19.1 Å². The van der Waals surface area contributed by atoms with Crippen LogP contribution in [0.3, 0.4) is 0 Å². The molecule has 36 heavy (non-hydrogen) atoms.